The Kier molecular flexibility index (Phi) is 5.69. The fourth-order valence-corrected chi connectivity index (χ4v) is 1.97. The largest absolute Gasteiger partial charge is 0.380 e. The maximum absolute atomic E-state index is 5.46. The number of aryl methyl sites for hydroxylation is 1. The van der Waals surface area contributed by atoms with Crippen LogP contribution in [-0.4, -0.2) is 28.6 Å². The maximum Gasteiger partial charge on any atom is 0.202 e. The van der Waals surface area contributed by atoms with Crippen LogP contribution in [0.2, 0.25) is 0 Å². The molecule has 92 valence electrons. The van der Waals surface area contributed by atoms with Crippen LogP contribution in [0.5, 0.6) is 0 Å². The first kappa shape index (κ1) is 13.4. The second-order valence-corrected chi connectivity index (χ2v) is 4.78. The Bertz CT molecular complexity index is 301. The van der Waals surface area contributed by atoms with Crippen molar-refractivity contribution in [3.8, 4) is 0 Å². The smallest absolute Gasteiger partial charge is 0.202 e. The van der Waals surface area contributed by atoms with E-state index in [1.165, 1.54) is 11.5 Å². The van der Waals surface area contributed by atoms with Crippen molar-refractivity contribution < 1.29 is 4.74 Å². The molecule has 1 unspecified atom stereocenters. The molecule has 1 aromatic rings. The molecule has 0 spiro atoms. The molecular weight excluding hydrogens is 222 g/mol. The van der Waals surface area contributed by atoms with Gasteiger partial charge in [-0.25, -0.2) is 4.98 Å². The molecular formula is C11H21N3OS. The molecule has 1 N–H and O–H groups in total. The Morgan fingerprint density at radius 2 is 2.12 bits per heavy atom. The lowest BCUT2D eigenvalue weighted by atomic mass is 10.1. The molecule has 0 saturated carbocycles. The van der Waals surface area contributed by atoms with Crippen molar-refractivity contribution in [3.63, 3.8) is 0 Å². The van der Waals surface area contributed by atoms with Gasteiger partial charge in [-0.3, -0.25) is 0 Å². The first-order chi connectivity index (χ1) is 7.67. The predicted molar refractivity (Wildman–Crippen MR) is 68.0 cm³/mol. The van der Waals surface area contributed by atoms with Crippen molar-refractivity contribution >= 4 is 16.7 Å². The molecule has 1 atom stereocenters. The molecule has 0 fully saturated rings. The molecule has 0 aliphatic heterocycles. The summed E-state index contributed by atoms with van der Waals surface area (Å²) in [5.41, 5.74) is 0. The highest BCUT2D eigenvalue weighted by atomic mass is 32.1. The van der Waals surface area contributed by atoms with Crippen molar-refractivity contribution in [1.29, 1.82) is 0 Å². The molecule has 0 amide bonds. The summed E-state index contributed by atoms with van der Waals surface area (Å²) in [6.45, 7) is 9.90. The van der Waals surface area contributed by atoms with E-state index < -0.39 is 0 Å². The van der Waals surface area contributed by atoms with Crippen LogP contribution in [0, 0.1) is 5.92 Å². The summed E-state index contributed by atoms with van der Waals surface area (Å²) in [6.07, 6.45) is 0.885. The van der Waals surface area contributed by atoms with Crippen LogP contribution in [0.25, 0.3) is 0 Å². The molecule has 1 heterocycles. The number of hydrogen-bond acceptors (Lipinski definition) is 5. The number of nitrogens with zero attached hydrogens (tertiary/aromatic N) is 2. The molecule has 4 nitrogen and oxygen atoms in total. The van der Waals surface area contributed by atoms with E-state index in [0.29, 0.717) is 12.0 Å². The van der Waals surface area contributed by atoms with Crippen molar-refractivity contribution in [2.45, 2.75) is 40.2 Å². The van der Waals surface area contributed by atoms with Crippen LogP contribution in [0.3, 0.4) is 0 Å². The number of ether oxygens (including phenoxy) is 1. The van der Waals surface area contributed by atoms with E-state index in [2.05, 4.69) is 35.4 Å². The lowest BCUT2D eigenvalue weighted by Crippen LogP contribution is -2.30. The topological polar surface area (TPSA) is 47.0 Å². The zero-order valence-electron chi connectivity index (χ0n) is 10.5. The quantitative estimate of drug-likeness (QED) is 0.799. The minimum absolute atomic E-state index is 0.303. The van der Waals surface area contributed by atoms with Gasteiger partial charge in [0.15, 0.2) is 0 Å². The minimum Gasteiger partial charge on any atom is -0.380 e. The fourth-order valence-electron chi connectivity index (χ4n) is 1.26. The van der Waals surface area contributed by atoms with Gasteiger partial charge in [-0.15, -0.1) is 0 Å². The third-order valence-corrected chi connectivity index (χ3v) is 3.08. The van der Waals surface area contributed by atoms with E-state index >= 15 is 0 Å². The Morgan fingerprint density at radius 3 is 2.62 bits per heavy atom. The average Bonchev–Trinajstić information content (AvgIpc) is 2.71. The molecule has 0 radical (unpaired) electrons. The lowest BCUT2D eigenvalue weighted by molar-refractivity contribution is 0.127. The van der Waals surface area contributed by atoms with Gasteiger partial charge in [0.05, 0.1) is 12.6 Å². The van der Waals surface area contributed by atoms with Gasteiger partial charge >= 0.3 is 0 Å². The van der Waals surface area contributed by atoms with E-state index in [1.807, 2.05) is 6.92 Å². The van der Waals surface area contributed by atoms with Crippen molar-refractivity contribution in [3.05, 3.63) is 5.82 Å². The van der Waals surface area contributed by atoms with Crippen LogP contribution in [-0.2, 0) is 11.2 Å². The summed E-state index contributed by atoms with van der Waals surface area (Å²) < 4.78 is 9.71. The maximum atomic E-state index is 5.46. The molecule has 5 heteroatoms. The van der Waals surface area contributed by atoms with Gasteiger partial charge in [-0.05, 0) is 12.8 Å². The van der Waals surface area contributed by atoms with Crippen LogP contribution in [0.15, 0.2) is 0 Å². The molecule has 0 aliphatic rings. The summed E-state index contributed by atoms with van der Waals surface area (Å²) >= 11 is 1.43. The Labute approximate surface area is 102 Å². The highest BCUT2D eigenvalue weighted by Crippen LogP contribution is 2.15. The third kappa shape index (κ3) is 4.06. The average molecular weight is 243 g/mol. The van der Waals surface area contributed by atoms with Gasteiger partial charge in [-0.1, -0.05) is 20.8 Å². The summed E-state index contributed by atoms with van der Waals surface area (Å²) in [5.74, 6) is 1.42. The summed E-state index contributed by atoms with van der Waals surface area (Å²) in [6, 6.07) is 0.303. The highest BCUT2D eigenvalue weighted by Gasteiger charge is 2.15. The zero-order chi connectivity index (χ0) is 12.0. The number of rotatable bonds is 7. The molecule has 16 heavy (non-hydrogen) atoms. The second kappa shape index (κ2) is 6.81. The summed E-state index contributed by atoms with van der Waals surface area (Å²) in [5, 5.41) is 4.29. The van der Waals surface area contributed by atoms with E-state index in [-0.39, 0.29) is 0 Å². The Morgan fingerprint density at radius 1 is 1.38 bits per heavy atom. The summed E-state index contributed by atoms with van der Waals surface area (Å²) in [7, 11) is 0. The molecule has 0 aliphatic carbocycles. The van der Waals surface area contributed by atoms with Gasteiger partial charge in [0.25, 0.3) is 0 Å². The molecule has 0 saturated heterocycles. The monoisotopic (exact) mass is 243 g/mol. The second-order valence-electron chi connectivity index (χ2n) is 4.02. The van der Waals surface area contributed by atoms with Crippen molar-refractivity contribution in [1.82, 2.24) is 9.36 Å². The van der Waals surface area contributed by atoms with Gasteiger partial charge in [0, 0.05) is 24.6 Å². The number of anilines is 1. The standard InChI is InChI=1S/C11H21N3OS/c1-5-10-13-11(16-14-10)12-9(8(3)4)7-15-6-2/h8-9H,5-7H2,1-4H3,(H,12,13,14). The van der Waals surface area contributed by atoms with Gasteiger partial charge in [-0.2, -0.15) is 4.37 Å². The first-order valence-electron chi connectivity index (χ1n) is 5.84. The van der Waals surface area contributed by atoms with Crippen molar-refractivity contribution in [2.75, 3.05) is 18.5 Å². The van der Waals surface area contributed by atoms with Crippen LogP contribution < -0.4 is 5.32 Å². The van der Waals surface area contributed by atoms with Gasteiger partial charge < -0.3 is 10.1 Å². The predicted octanol–water partition coefficient (Wildman–Crippen LogP) is 2.57. The first-order valence-corrected chi connectivity index (χ1v) is 6.61. The third-order valence-electron chi connectivity index (χ3n) is 2.40. The SMILES string of the molecule is CCOCC(Nc1nc(CC)ns1)C(C)C. The highest BCUT2D eigenvalue weighted by molar-refractivity contribution is 7.09. The Balaban J connectivity index is 2.53. The number of nitrogens with one attached hydrogen (secondary N) is 1. The van der Waals surface area contributed by atoms with Crippen LogP contribution in [0.4, 0.5) is 5.13 Å². The zero-order valence-corrected chi connectivity index (χ0v) is 11.3. The van der Waals surface area contributed by atoms with Crippen LogP contribution >= 0.6 is 11.5 Å². The van der Waals surface area contributed by atoms with E-state index in [9.17, 15) is 0 Å². The normalized spacial score (nSPS) is 13.1. The molecule has 0 aromatic carbocycles. The van der Waals surface area contributed by atoms with Gasteiger partial charge in [0.1, 0.15) is 5.82 Å². The fraction of sp³-hybridized carbons (Fsp3) is 0.818. The molecule has 0 bridgehead atoms. The van der Waals surface area contributed by atoms with Crippen LogP contribution in [0.1, 0.15) is 33.5 Å². The lowest BCUT2D eigenvalue weighted by Gasteiger charge is -2.21. The van der Waals surface area contributed by atoms with E-state index in [1.54, 1.807) is 0 Å². The van der Waals surface area contributed by atoms with Gasteiger partial charge in [0.2, 0.25) is 5.13 Å². The van der Waals surface area contributed by atoms with E-state index in [0.717, 1.165) is 30.6 Å². The minimum atomic E-state index is 0.303. The Hall–Kier alpha value is -0.680. The number of hydrogen-bond donors (Lipinski definition) is 1. The van der Waals surface area contributed by atoms with E-state index in [4.69, 9.17) is 4.74 Å². The summed E-state index contributed by atoms with van der Waals surface area (Å²) in [4.78, 5) is 4.40. The van der Waals surface area contributed by atoms with Crippen molar-refractivity contribution in [2.24, 2.45) is 5.92 Å². The molecule has 1 aromatic heterocycles. The number of aromatic nitrogens is 2. The molecule has 1 rings (SSSR count).